The maximum atomic E-state index is 10.9. The molecule has 2 aromatic rings. The van der Waals surface area contributed by atoms with Gasteiger partial charge in [0, 0.05) is 0 Å². The molecular formula is C16H16O4. The van der Waals surface area contributed by atoms with Crippen LogP contribution >= 0.6 is 0 Å². The molecule has 0 saturated carbocycles. The Hall–Kier alpha value is -2.49. The van der Waals surface area contributed by atoms with E-state index >= 15 is 0 Å². The molecule has 0 unspecified atom stereocenters. The number of benzene rings is 2. The van der Waals surface area contributed by atoms with E-state index in [1.54, 1.807) is 32.4 Å². The van der Waals surface area contributed by atoms with Gasteiger partial charge in [0.05, 0.1) is 19.8 Å². The van der Waals surface area contributed by atoms with E-state index in [-0.39, 0.29) is 0 Å². The van der Waals surface area contributed by atoms with Gasteiger partial charge < -0.3 is 14.2 Å². The highest BCUT2D eigenvalue weighted by Gasteiger charge is 2.06. The maximum Gasteiger partial charge on any atom is 0.161 e. The molecule has 0 bridgehead atoms. The highest BCUT2D eigenvalue weighted by molar-refractivity contribution is 5.79. The molecule has 0 spiro atoms. The lowest BCUT2D eigenvalue weighted by Gasteiger charge is -2.11. The first-order chi connectivity index (χ1) is 9.78. The Bertz CT molecular complexity index is 593. The Morgan fingerprint density at radius 3 is 2.40 bits per heavy atom. The molecule has 0 saturated heterocycles. The summed E-state index contributed by atoms with van der Waals surface area (Å²) in [5.41, 5.74) is 1.47. The van der Waals surface area contributed by atoms with Crippen LogP contribution in [-0.2, 0) is 6.61 Å². The van der Waals surface area contributed by atoms with Crippen molar-refractivity contribution < 1.29 is 19.0 Å². The average molecular weight is 272 g/mol. The molecule has 0 atom stereocenters. The number of hydrogen-bond donors (Lipinski definition) is 0. The number of carbonyl (C=O) groups excluding carboxylic acids is 1. The predicted molar refractivity (Wildman–Crippen MR) is 75.7 cm³/mol. The number of carbonyl (C=O) groups is 1. The Kier molecular flexibility index (Phi) is 4.60. The molecule has 104 valence electrons. The summed E-state index contributed by atoms with van der Waals surface area (Å²) >= 11 is 0. The molecule has 0 aliphatic rings. The highest BCUT2D eigenvalue weighted by Crippen LogP contribution is 2.28. The number of aldehydes is 1. The second-order valence-corrected chi connectivity index (χ2v) is 4.13. The van der Waals surface area contributed by atoms with E-state index in [2.05, 4.69) is 0 Å². The van der Waals surface area contributed by atoms with E-state index < -0.39 is 0 Å². The van der Waals surface area contributed by atoms with Crippen LogP contribution in [0.2, 0.25) is 0 Å². The first kappa shape index (κ1) is 13.9. The molecule has 0 aliphatic heterocycles. The minimum absolute atomic E-state index is 0.352. The van der Waals surface area contributed by atoms with Crippen LogP contribution in [-0.4, -0.2) is 20.5 Å². The van der Waals surface area contributed by atoms with Crippen molar-refractivity contribution in [3.05, 3.63) is 53.6 Å². The smallest absolute Gasteiger partial charge is 0.161 e. The minimum Gasteiger partial charge on any atom is -0.493 e. The van der Waals surface area contributed by atoms with E-state index in [0.717, 1.165) is 11.8 Å². The third-order valence-corrected chi connectivity index (χ3v) is 2.89. The van der Waals surface area contributed by atoms with Crippen molar-refractivity contribution in [2.45, 2.75) is 6.61 Å². The van der Waals surface area contributed by atoms with Gasteiger partial charge >= 0.3 is 0 Å². The van der Waals surface area contributed by atoms with Crippen molar-refractivity contribution in [3.8, 4) is 17.2 Å². The zero-order valence-corrected chi connectivity index (χ0v) is 11.5. The highest BCUT2D eigenvalue weighted by atomic mass is 16.5. The summed E-state index contributed by atoms with van der Waals surface area (Å²) in [6.45, 7) is 0.352. The van der Waals surface area contributed by atoms with Gasteiger partial charge in [0.1, 0.15) is 12.4 Å². The second kappa shape index (κ2) is 6.61. The molecule has 0 N–H and O–H groups in total. The van der Waals surface area contributed by atoms with Crippen molar-refractivity contribution >= 4 is 6.29 Å². The van der Waals surface area contributed by atoms with Gasteiger partial charge in [-0.05, 0) is 29.8 Å². The Morgan fingerprint density at radius 2 is 1.70 bits per heavy atom. The molecule has 0 aromatic heterocycles. The van der Waals surface area contributed by atoms with Gasteiger partial charge in [-0.3, -0.25) is 4.79 Å². The maximum absolute atomic E-state index is 10.9. The number of methoxy groups -OCH3 is 2. The van der Waals surface area contributed by atoms with Crippen molar-refractivity contribution in [2.24, 2.45) is 0 Å². The zero-order chi connectivity index (χ0) is 14.4. The van der Waals surface area contributed by atoms with Crippen LogP contribution in [0.1, 0.15) is 15.9 Å². The van der Waals surface area contributed by atoms with E-state index in [1.165, 1.54) is 0 Å². The molecular weight excluding hydrogens is 256 g/mol. The van der Waals surface area contributed by atoms with Crippen LogP contribution in [0, 0.1) is 0 Å². The summed E-state index contributed by atoms with van der Waals surface area (Å²) in [5, 5.41) is 0. The van der Waals surface area contributed by atoms with Crippen LogP contribution in [0.4, 0.5) is 0 Å². The fourth-order valence-electron chi connectivity index (χ4n) is 1.84. The van der Waals surface area contributed by atoms with E-state index in [4.69, 9.17) is 14.2 Å². The summed E-state index contributed by atoms with van der Waals surface area (Å²) in [6.07, 6.45) is 0.782. The van der Waals surface area contributed by atoms with Crippen molar-refractivity contribution in [1.82, 2.24) is 0 Å². The molecule has 0 radical (unpaired) electrons. The van der Waals surface area contributed by atoms with E-state index in [1.807, 2.05) is 24.3 Å². The second-order valence-electron chi connectivity index (χ2n) is 4.13. The van der Waals surface area contributed by atoms with Crippen molar-refractivity contribution in [2.75, 3.05) is 14.2 Å². The minimum atomic E-state index is 0.352. The van der Waals surface area contributed by atoms with Gasteiger partial charge in [0.15, 0.2) is 17.8 Å². The molecule has 20 heavy (non-hydrogen) atoms. The SMILES string of the molecule is COc1ccc(COc2ccccc2C=O)cc1OC. The lowest BCUT2D eigenvalue weighted by Crippen LogP contribution is -1.99. The first-order valence-corrected chi connectivity index (χ1v) is 6.16. The lowest BCUT2D eigenvalue weighted by molar-refractivity contribution is 0.111. The zero-order valence-electron chi connectivity index (χ0n) is 11.5. The summed E-state index contributed by atoms with van der Waals surface area (Å²) in [7, 11) is 3.18. The predicted octanol–water partition coefficient (Wildman–Crippen LogP) is 3.10. The molecule has 0 aliphatic carbocycles. The summed E-state index contributed by atoms with van der Waals surface area (Å²) in [5.74, 6) is 1.89. The number of hydrogen-bond acceptors (Lipinski definition) is 4. The van der Waals surface area contributed by atoms with E-state index in [0.29, 0.717) is 29.4 Å². The Labute approximate surface area is 117 Å². The number of para-hydroxylation sites is 1. The molecule has 4 heteroatoms. The molecule has 0 heterocycles. The quantitative estimate of drug-likeness (QED) is 0.758. The molecule has 0 amide bonds. The first-order valence-electron chi connectivity index (χ1n) is 6.16. The standard InChI is InChI=1S/C16H16O4/c1-18-15-8-7-12(9-16(15)19-2)11-20-14-6-4-3-5-13(14)10-17/h3-10H,11H2,1-2H3. The molecule has 0 fully saturated rings. The van der Waals surface area contributed by atoms with Crippen LogP contribution in [0.25, 0.3) is 0 Å². The third kappa shape index (κ3) is 3.09. The van der Waals surface area contributed by atoms with Crippen molar-refractivity contribution in [3.63, 3.8) is 0 Å². The monoisotopic (exact) mass is 272 g/mol. The van der Waals surface area contributed by atoms with E-state index in [9.17, 15) is 4.79 Å². The molecule has 2 rings (SSSR count). The summed E-state index contributed by atoms with van der Waals surface area (Å²) in [6, 6.07) is 12.7. The Balaban J connectivity index is 2.13. The van der Waals surface area contributed by atoms with Crippen LogP contribution < -0.4 is 14.2 Å². The average Bonchev–Trinajstić information content (AvgIpc) is 2.52. The Morgan fingerprint density at radius 1 is 0.950 bits per heavy atom. The van der Waals surface area contributed by atoms with Gasteiger partial charge in [-0.2, -0.15) is 0 Å². The largest absolute Gasteiger partial charge is 0.493 e. The van der Waals surface area contributed by atoms with Gasteiger partial charge in [-0.25, -0.2) is 0 Å². The third-order valence-electron chi connectivity index (χ3n) is 2.89. The topological polar surface area (TPSA) is 44.8 Å². The van der Waals surface area contributed by atoms with Crippen molar-refractivity contribution in [1.29, 1.82) is 0 Å². The lowest BCUT2D eigenvalue weighted by atomic mass is 10.2. The normalized spacial score (nSPS) is 9.90. The fraction of sp³-hybridized carbons (Fsp3) is 0.188. The molecule has 4 nitrogen and oxygen atoms in total. The molecule has 2 aromatic carbocycles. The number of ether oxygens (including phenoxy) is 3. The summed E-state index contributed by atoms with van der Waals surface area (Å²) < 4.78 is 16.1. The van der Waals surface area contributed by atoms with Gasteiger partial charge in [-0.1, -0.05) is 18.2 Å². The van der Waals surface area contributed by atoms with Gasteiger partial charge in [-0.15, -0.1) is 0 Å². The van der Waals surface area contributed by atoms with Gasteiger partial charge in [0.2, 0.25) is 0 Å². The number of rotatable bonds is 6. The fourth-order valence-corrected chi connectivity index (χ4v) is 1.84. The van der Waals surface area contributed by atoms with Gasteiger partial charge in [0.25, 0.3) is 0 Å². The summed E-state index contributed by atoms with van der Waals surface area (Å²) in [4.78, 5) is 10.9. The van der Waals surface area contributed by atoms with Crippen LogP contribution in [0.3, 0.4) is 0 Å². The van der Waals surface area contributed by atoms with Crippen LogP contribution in [0.5, 0.6) is 17.2 Å². The van der Waals surface area contributed by atoms with Crippen LogP contribution in [0.15, 0.2) is 42.5 Å².